The molecule has 0 radical (unpaired) electrons. The molecule has 2 aromatic heterocycles. The summed E-state index contributed by atoms with van der Waals surface area (Å²) < 4.78 is 20.1. The third-order valence-electron chi connectivity index (χ3n) is 4.08. The lowest BCUT2D eigenvalue weighted by atomic mass is 9.78. The number of hydrogen-bond acceptors (Lipinski definition) is 3. The van der Waals surface area contributed by atoms with E-state index in [0.29, 0.717) is 36.6 Å². The second-order valence-electron chi connectivity index (χ2n) is 5.38. The molecule has 0 saturated carbocycles. The molecule has 21 heavy (non-hydrogen) atoms. The van der Waals surface area contributed by atoms with Crippen molar-refractivity contribution in [1.82, 2.24) is 15.3 Å². The van der Waals surface area contributed by atoms with E-state index in [0.717, 1.165) is 9.26 Å². The van der Waals surface area contributed by atoms with Crippen molar-refractivity contribution in [2.45, 2.75) is 5.41 Å². The maximum Gasteiger partial charge on any atom is 0.254 e. The molecule has 4 heterocycles. The minimum atomic E-state index is -0.409. The van der Waals surface area contributed by atoms with Crippen LogP contribution in [-0.4, -0.2) is 35.6 Å². The van der Waals surface area contributed by atoms with E-state index >= 15 is 0 Å². The Morgan fingerprint density at radius 3 is 2.90 bits per heavy atom. The Bertz CT molecular complexity index is 755. The molecule has 0 aliphatic carbocycles. The topological polar surface area (TPSA) is 67.0 Å². The smallest absolute Gasteiger partial charge is 0.254 e. The molecule has 1 saturated heterocycles. The van der Waals surface area contributed by atoms with Crippen molar-refractivity contribution < 1.29 is 13.9 Å². The number of ether oxygens (including phenoxy) is 1. The summed E-state index contributed by atoms with van der Waals surface area (Å²) in [5, 5.41) is 2.90. The zero-order valence-corrected chi connectivity index (χ0v) is 13.0. The number of hydrogen-bond donors (Lipinski definition) is 2. The van der Waals surface area contributed by atoms with Gasteiger partial charge in [0.25, 0.3) is 5.91 Å². The number of rotatable bonds is 1. The number of carbonyl (C=O) groups excluding carboxylic acids is 1. The van der Waals surface area contributed by atoms with E-state index in [1.165, 1.54) is 12.4 Å². The van der Waals surface area contributed by atoms with Crippen molar-refractivity contribution in [3.05, 3.63) is 39.1 Å². The van der Waals surface area contributed by atoms with Gasteiger partial charge in [-0.05, 0) is 28.7 Å². The monoisotopic (exact) mass is 399 g/mol. The Balaban J connectivity index is 1.94. The number of halogens is 2. The van der Waals surface area contributed by atoms with Gasteiger partial charge in [-0.1, -0.05) is 0 Å². The lowest BCUT2D eigenvalue weighted by molar-refractivity contribution is -0.0621. The predicted octanol–water partition coefficient (Wildman–Crippen LogP) is 1.83. The summed E-state index contributed by atoms with van der Waals surface area (Å²) in [5.41, 5.74) is 2.31. The van der Waals surface area contributed by atoms with Crippen molar-refractivity contribution in [3.63, 3.8) is 0 Å². The lowest BCUT2D eigenvalue weighted by Gasteiger charge is -2.43. The highest BCUT2D eigenvalue weighted by Crippen LogP contribution is 2.41. The summed E-state index contributed by atoms with van der Waals surface area (Å²) in [7, 11) is 0. The number of carbonyl (C=O) groups is 1. The van der Waals surface area contributed by atoms with Gasteiger partial charge in [-0.2, -0.15) is 0 Å². The lowest BCUT2D eigenvalue weighted by Crippen LogP contribution is -2.58. The van der Waals surface area contributed by atoms with Gasteiger partial charge in [-0.25, -0.2) is 4.39 Å². The highest BCUT2D eigenvalue weighted by atomic mass is 127. The van der Waals surface area contributed by atoms with Gasteiger partial charge in [-0.3, -0.25) is 9.78 Å². The van der Waals surface area contributed by atoms with Gasteiger partial charge in [0.15, 0.2) is 5.82 Å². The number of nitrogens with one attached hydrogen (secondary N) is 2. The molecule has 2 aromatic rings. The van der Waals surface area contributed by atoms with E-state index in [1.54, 1.807) is 6.07 Å². The molecule has 1 fully saturated rings. The first-order valence-corrected chi connectivity index (χ1v) is 7.58. The Morgan fingerprint density at radius 1 is 1.43 bits per heavy atom. The molecule has 0 aromatic carbocycles. The minimum Gasteiger partial charge on any atom is -0.379 e. The van der Waals surface area contributed by atoms with E-state index in [4.69, 9.17) is 4.74 Å². The number of nitrogens with zero attached hydrogens (tertiary/aromatic N) is 1. The van der Waals surface area contributed by atoms with Crippen LogP contribution in [0.3, 0.4) is 0 Å². The summed E-state index contributed by atoms with van der Waals surface area (Å²) in [4.78, 5) is 19.2. The summed E-state index contributed by atoms with van der Waals surface area (Å²) in [6.07, 6.45) is 2.71. The average molecular weight is 399 g/mol. The highest BCUT2D eigenvalue weighted by molar-refractivity contribution is 14.1. The summed E-state index contributed by atoms with van der Waals surface area (Å²) >= 11 is 2.09. The molecule has 2 N–H and O–H groups in total. The number of aromatic nitrogens is 2. The van der Waals surface area contributed by atoms with Crippen molar-refractivity contribution >= 4 is 28.5 Å². The normalized spacial score (nSPS) is 19.0. The van der Waals surface area contributed by atoms with Crippen molar-refractivity contribution in [1.29, 1.82) is 0 Å². The highest BCUT2D eigenvalue weighted by Gasteiger charge is 2.48. The third-order valence-corrected chi connectivity index (χ3v) is 5.16. The first-order valence-electron chi connectivity index (χ1n) is 6.50. The van der Waals surface area contributed by atoms with Gasteiger partial charge in [-0.15, -0.1) is 0 Å². The first-order chi connectivity index (χ1) is 10.1. The van der Waals surface area contributed by atoms with Crippen LogP contribution in [0.1, 0.15) is 16.1 Å². The molecule has 7 heteroatoms. The zero-order valence-electron chi connectivity index (χ0n) is 10.9. The molecule has 1 amide bonds. The third kappa shape index (κ3) is 1.76. The predicted molar refractivity (Wildman–Crippen MR) is 81.5 cm³/mol. The van der Waals surface area contributed by atoms with Crippen LogP contribution >= 0.6 is 22.6 Å². The Labute approximate surface area is 133 Å². The van der Waals surface area contributed by atoms with Crippen LogP contribution in [0.5, 0.6) is 0 Å². The molecule has 2 aliphatic rings. The SMILES string of the molecule is O=C1NCC2(COC2)c2[nH]c(-c3ccncc3F)c(I)c21. The van der Waals surface area contributed by atoms with E-state index in [1.807, 2.05) is 0 Å². The number of H-pyrrole nitrogens is 1. The van der Waals surface area contributed by atoms with E-state index in [-0.39, 0.29) is 11.3 Å². The molecule has 1 spiro atoms. The fourth-order valence-electron chi connectivity index (χ4n) is 2.87. The van der Waals surface area contributed by atoms with Gasteiger partial charge in [0.1, 0.15) is 0 Å². The largest absolute Gasteiger partial charge is 0.379 e. The van der Waals surface area contributed by atoms with Crippen LogP contribution in [0.25, 0.3) is 11.3 Å². The fourth-order valence-corrected chi connectivity index (χ4v) is 3.81. The molecule has 108 valence electrons. The van der Waals surface area contributed by atoms with Crippen LogP contribution in [0.15, 0.2) is 18.5 Å². The number of amides is 1. The molecule has 2 aliphatic heterocycles. The van der Waals surface area contributed by atoms with E-state index in [2.05, 4.69) is 37.9 Å². The maximum absolute atomic E-state index is 14.0. The van der Waals surface area contributed by atoms with Crippen LogP contribution in [0.2, 0.25) is 0 Å². The molecule has 0 atom stereocenters. The first kappa shape index (κ1) is 13.2. The van der Waals surface area contributed by atoms with Gasteiger partial charge in [0, 0.05) is 24.0 Å². The maximum atomic E-state index is 14.0. The van der Waals surface area contributed by atoms with Gasteiger partial charge in [0.2, 0.25) is 0 Å². The second kappa shape index (κ2) is 4.51. The summed E-state index contributed by atoms with van der Waals surface area (Å²) in [6, 6.07) is 1.61. The second-order valence-corrected chi connectivity index (χ2v) is 6.45. The summed E-state index contributed by atoms with van der Waals surface area (Å²) in [6.45, 7) is 1.68. The molecule has 0 unspecified atom stereocenters. The summed E-state index contributed by atoms with van der Waals surface area (Å²) in [5.74, 6) is -0.530. The van der Waals surface area contributed by atoms with Gasteiger partial charge >= 0.3 is 0 Å². The minimum absolute atomic E-state index is 0.121. The molecular weight excluding hydrogens is 388 g/mol. The Hall–Kier alpha value is -1.48. The number of fused-ring (bicyclic) bond motifs is 2. The number of aromatic amines is 1. The molecule has 5 nitrogen and oxygen atoms in total. The average Bonchev–Trinajstić information content (AvgIpc) is 2.77. The fraction of sp³-hybridized carbons (Fsp3) is 0.286. The Morgan fingerprint density at radius 2 is 2.24 bits per heavy atom. The van der Waals surface area contributed by atoms with Crippen molar-refractivity contribution in [3.8, 4) is 11.3 Å². The van der Waals surface area contributed by atoms with Crippen LogP contribution in [0, 0.1) is 9.39 Å². The van der Waals surface area contributed by atoms with Crippen LogP contribution in [0.4, 0.5) is 4.39 Å². The standard InChI is InChI=1S/C14H11FIN3O2/c15-8-3-17-2-1-7(8)11-10(16)9-12(19-11)14(5-21-6-14)4-18-13(9)20/h1-3,19H,4-6H2,(H,18,20). The van der Waals surface area contributed by atoms with Gasteiger partial charge in [0.05, 0.1) is 39.7 Å². The number of pyridine rings is 1. The molecular formula is C14H11FIN3O2. The molecule has 0 bridgehead atoms. The molecule has 4 rings (SSSR count). The van der Waals surface area contributed by atoms with Crippen LogP contribution in [-0.2, 0) is 10.2 Å². The van der Waals surface area contributed by atoms with Gasteiger partial charge < -0.3 is 15.0 Å². The van der Waals surface area contributed by atoms with Crippen molar-refractivity contribution in [2.24, 2.45) is 0 Å². The quantitative estimate of drug-likeness (QED) is 0.720. The van der Waals surface area contributed by atoms with Crippen LogP contribution < -0.4 is 5.32 Å². The van der Waals surface area contributed by atoms with E-state index < -0.39 is 5.82 Å². The Kier molecular flexibility index (Phi) is 2.83. The zero-order chi connectivity index (χ0) is 14.6. The van der Waals surface area contributed by atoms with Crippen molar-refractivity contribution in [2.75, 3.05) is 19.8 Å². The van der Waals surface area contributed by atoms with E-state index in [9.17, 15) is 9.18 Å².